The van der Waals surface area contributed by atoms with Gasteiger partial charge in [0.2, 0.25) is 5.75 Å². The number of hydrogen-bond donors (Lipinski definition) is 2. The second kappa shape index (κ2) is 4.08. The second-order valence-electron chi connectivity index (χ2n) is 2.98. The van der Waals surface area contributed by atoms with E-state index in [0.29, 0.717) is 0 Å². The number of nitrogens with two attached hydrogens (primary N) is 1. The fourth-order valence-electron chi connectivity index (χ4n) is 1.29. The Balaban J connectivity index is 3.51. The lowest BCUT2D eigenvalue weighted by atomic mass is 10.1. The fourth-order valence-corrected chi connectivity index (χ4v) is 1.29. The summed E-state index contributed by atoms with van der Waals surface area (Å²) in [7, 11) is 2.74. The van der Waals surface area contributed by atoms with Crippen LogP contribution in [-0.4, -0.2) is 25.1 Å². The molecule has 5 nitrogen and oxygen atoms in total. The minimum Gasteiger partial charge on any atom is -0.502 e. The van der Waals surface area contributed by atoms with E-state index >= 15 is 0 Å². The smallest absolute Gasteiger partial charge is 0.202 e. The minimum atomic E-state index is -0.218. The van der Waals surface area contributed by atoms with E-state index in [9.17, 15) is 9.90 Å². The zero-order valence-electron chi connectivity index (χ0n) is 8.83. The molecule has 0 unspecified atom stereocenters. The van der Waals surface area contributed by atoms with E-state index in [-0.39, 0.29) is 34.3 Å². The van der Waals surface area contributed by atoms with Crippen molar-refractivity contribution in [1.29, 1.82) is 0 Å². The first-order chi connectivity index (χ1) is 7.02. The summed E-state index contributed by atoms with van der Waals surface area (Å²) in [5.74, 6) is -0.211. The average molecular weight is 211 g/mol. The van der Waals surface area contributed by atoms with E-state index in [4.69, 9.17) is 15.2 Å². The molecule has 0 radical (unpaired) electrons. The molecule has 0 bridgehead atoms. The molecule has 0 aliphatic rings. The first kappa shape index (κ1) is 11.2. The molecular weight excluding hydrogens is 198 g/mol. The molecule has 15 heavy (non-hydrogen) atoms. The Morgan fingerprint density at radius 1 is 1.40 bits per heavy atom. The highest BCUT2D eigenvalue weighted by Gasteiger charge is 2.18. The molecule has 0 spiro atoms. The summed E-state index contributed by atoms with van der Waals surface area (Å²) in [6, 6.07) is 1.38. The number of aromatic hydroxyl groups is 1. The molecule has 0 aliphatic carbocycles. The highest BCUT2D eigenvalue weighted by molar-refractivity contribution is 6.01. The third-order valence-corrected chi connectivity index (χ3v) is 2.06. The predicted octanol–water partition coefficient (Wildman–Crippen LogP) is 1.19. The van der Waals surface area contributed by atoms with Gasteiger partial charge in [0, 0.05) is 5.56 Å². The molecule has 3 N–H and O–H groups in total. The van der Waals surface area contributed by atoms with Crippen LogP contribution >= 0.6 is 0 Å². The molecule has 1 rings (SSSR count). The Hall–Kier alpha value is -1.91. The van der Waals surface area contributed by atoms with Gasteiger partial charge in [0.05, 0.1) is 19.9 Å². The van der Waals surface area contributed by atoms with E-state index in [2.05, 4.69) is 0 Å². The third kappa shape index (κ3) is 1.81. The van der Waals surface area contributed by atoms with Gasteiger partial charge in [-0.1, -0.05) is 0 Å². The van der Waals surface area contributed by atoms with Crippen molar-refractivity contribution in [3.05, 3.63) is 11.6 Å². The Kier molecular flexibility index (Phi) is 3.04. The van der Waals surface area contributed by atoms with Crippen LogP contribution < -0.4 is 15.2 Å². The zero-order chi connectivity index (χ0) is 11.6. The maximum Gasteiger partial charge on any atom is 0.202 e. The van der Waals surface area contributed by atoms with Crippen LogP contribution in [0.2, 0.25) is 0 Å². The normalized spacial score (nSPS) is 9.80. The first-order valence-corrected chi connectivity index (χ1v) is 4.27. The second-order valence-corrected chi connectivity index (χ2v) is 2.98. The van der Waals surface area contributed by atoms with Gasteiger partial charge in [0.25, 0.3) is 0 Å². The largest absolute Gasteiger partial charge is 0.502 e. The topological polar surface area (TPSA) is 81.8 Å². The van der Waals surface area contributed by atoms with Gasteiger partial charge in [0.1, 0.15) is 0 Å². The number of nitrogen functional groups attached to an aromatic ring is 1. The summed E-state index contributed by atoms with van der Waals surface area (Å²) >= 11 is 0. The monoisotopic (exact) mass is 211 g/mol. The van der Waals surface area contributed by atoms with Crippen molar-refractivity contribution in [2.45, 2.75) is 6.92 Å². The molecular formula is C10H13NO4. The molecule has 0 saturated heterocycles. The molecule has 82 valence electrons. The number of ether oxygens (including phenoxy) is 2. The lowest BCUT2D eigenvalue weighted by Gasteiger charge is -2.13. The van der Waals surface area contributed by atoms with Crippen molar-refractivity contribution in [1.82, 2.24) is 0 Å². The van der Waals surface area contributed by atoms with Gasteiger partial charge in [-0.2, -0.15) is 0 Å². The Labute approximate surface area is 87.4 Å². The van der Waals surface area contributed by atoms with Gasteiger partial charge in [-0.15, -0.1) is 0 Å². The molecule has 0 aromatic heterocycles. The number of methoxy groups -OCH3 is 2. The number of benzene rings is 1. The van der Waals surface area contributed by atoms with Crippen LogP contribution in [0, 0.1) is 0 Å². The first-order valence-electron chi connectivity index (χ1n) is 4.27. The van der Waals surface area contributed by atoms with Gasteiger partial charge in [0.15, 0.2) is 17.3 Å². The maximum absolute atomic E-state index is 11.2. The minimum absolute atomic E-state index is 0.0551. The van der Waals surface area contributed by atoms with Crippen LogP contribution in [0.15, 0.2) is 6.07 Å². The van der Waals surface area contributed by atoms with Crippen molar-refractivity contribution >= 4 is 11.5 Å². The molecule has 0 atom stereocenters. The third-order valence-electron chi connectivity index (χ3n) is 2.06. The molecule has 0 amide bonds. The number of rotatable bonds is 3. The van der Waals surface area contributed by atoms with Crippen LogP contribution in [0.1, 0.15) is 17.3 Å². The average Bonchev–Trinajstić information content (AvgIpc) is 2.18. The van der Waals surface area contributed by atoms with Crippen molar-refractivity contribution in [3.8, 4) is 17.2 Å². The lowest BCUT2D eigenvalue weighted by molar-refractivity contribution is 0.101. The molecule has 0 fully saturated rings. The Morgan fingerprint density at radius 2 is 2.00 bits per heavy atom. The summed E-state index contributed by atoms with van der Waals surface area (Å²) in [6.45, 7) is 1.38. The summed E-state index contributed by atoms with van der Waals surface area (Å²) in [5.41, 5.74) is 6.04. The number of carbonyl (C=O) groups is 1. The number of carbonyl (C=O) groups excluding carboxylic acids is 1. The lowest BCUT2D eigenvalue weighted by Crippen LogP contribution is -2.03. The maximum atomic E-state index is 11.2. The van der Waals surface area contributed by atoms with Gasteiger partial charge in [-0.3, -0.25) is 4.79 Å². The van der Waals surface area contributed by atoms with Crippen LogP contribution in [0.3, 0.4) is 0 Å². The van der Waals surface area contributed by atoms with E-state index in [0.717, 1.165) is 0 Å². The number of ketones is 1. The highest BCUT2D eigenvalue weighted by Crippen LogP contribution is 2.42. The Bertz CT molecular complexity index is 401. The molecule has 0 heterocycles. The van der Waals surface area contributed by atoms with E-state index in [1.165, 1.54) is 27.2 Å². The van der Waals surface area contributed by atoms with E-state index in [1.54, 1.807) is 0 Å². The molecule has 5 heteroatoms. The number of phenolic OH excluding ortho intramolecular Hbond substituents is 1. The van der Waals surface area contributed by atoms with Crippen molar-refractivity contribution in [2.24, 2.45) is 0 Å². The number of anilines is 1. The van der Waals surface area contributed by atoms with Crippen LogP contribution in [-0.2, 0) is 0 Å². The van der Waals surface area contributed by atoms with Gasteiger partial charge < -0.3 is 20.3 Å². The van der Waals surface area contributed by atoms with Crippen LogP contribution in [0.4, 0.5) is 5.69 Å². The van der Waals surface area contributed by atoms with Crippen molar-refractivity contribution < 1.29 is 19.4 Å². The number of phenols is 1. The molecule has 0 aliphatic heterocycles. The van der Waals surface area contributed by atoms with Crippen LogP contribution in [0.25, 0.3) is 0 Å². The predicted molar refractivity (Wildman–Crippen MR) is 55.6 cm³/mol. The van der Waals surface area contributed by atoms with Crippen molar-refractivity contribution in [3.63, 3.8) is 0 Å². The van der Waals surface area contributed by atoms with E-state index in [1.807, 2.05) is 0 Å². The molecule has 1 aromatic rings. The summed E-state index contributed by atoms with van der Waals surface area (Å²) < 4.78 is 9.80. The van der Waals surface area contributed by atoms with E-state index < -0.39 is 0 Å². The quantitative estimate of drug-likeness (QED) is 0.579. The molecule has 0 saturated carbocycles. The van der Waals surface area contributed by atoms with Crippen molar-refractivity contribution in [2.75, 3.05) is 20.0 Å². The number of Topliss-reactive ketones (excluding diaryl/α,β-unsaturated/α-hetero) is 1. The summed E-state index contributed by atoms with van der Waals surface area (Å²) in [4.78, 5) is 11.2. The Morgan fingerprint density at radius 3 is 2.40 bits per heavy atom. The van der Waals surface area contributed by atoms with Gasteiger partial charge in [-0.05, 0) is 13.0 Å². The van der Waals surface area contributed by atoms with Crippen LogP contribution in [0.5, 0.6) is 17.2 Å². The van der Waals surface area contributed by atoms with Gasteiger partial charge in [-0.25, -0.2) is 0 Å². The SMILES string of the molecule is COc1cc(C(C)=O)c(N)c(OC)c1O. The molecule has 1 aromatic carbocycles. The highest BCUT2D eigenvalue weighted by atomic mass is 16.5. The fraction of sp³-hybridized carbons (Fsp3) is 0.300. The zero-order valence-corrected chi connectivity index (χ0v) is 8.83. The standard InChI is InChI=1S/C10H13NO4/c1-5(12)6-4-7(14-2)9(13)10(15-3)8(6)11/h4,13H,11H2,1-3H3. The van der Waals surface area contributed by atoms with Gasteiger partial charge >= 0.3 is 0 Å². The summed E-state index contributed by atoms with van der Waals surface area (Å²) in [5, 5.41) is 9.63. The number of hydrogen-bond acceptors (Lipinski definition) is 5. The summed E-state index contributed by atoms with van der Waals surface area (Å²) in [6.07, 6.45) is 0.